The number of imidazole rings is 1. The maximum absolute atomic E-state index is 13.0. The minimum atomic E-state index is -0.488. The molecule has 2 fully saturated rings. The number of benzene rings is 2. The second-order valence-electron chi connectivity index (χ2n) is 13.6. The number of aromatic amines is 1. The van der Waals surface area contributed by atoms with Gasteiger partial charge in [0.2, 0.25) is 0 Å². The molecule has 0 saturated carbocycles. The second-order valence-corrected chi connectivity index (χ2v) is 13.6. The van der Waals surface area contributed by atoms with Crippen LogP contribution in [-0.2, 0) is 24.1 Å². The number of rotatable bonds is 8. The van der Waals surface area contributed by atoms with Crippen LogP contribution in [0.1, 0.15) is 76.4 Å². The molecule has 6 rings (SSSR count). The molecular weight excluding hydrogens is 552 g/mol. The first-order chi connectivity index (χ1) is 21.2. The van der Waals surface area contributed by atoms with Crippen molar-refractivity contribution in [1.82, 2.24) is 29.3 Å². The minimum Gasteiger partial charge on any atom is -0.444 e. The van der Waals surface area contributed by atoms with Crippen LogP contribution >= 0.6 is 0 Å². The highest BCUT2D eigenvalue weighted by Gasteiger charge is 2.28. The number of aryl methyl sites for hydroxylation is 1. The number of likely N-dealkylation sites (tertiary alicyclic amines) is 2. The van der Waals surface area contributed by atoms with Crippen LogP contribution in [0.5, 0.6) is 0 Å². The summed E-state index contributed by atoms with van der Waals surface area (Å²) < 4.78 is 8.00. The molecule has 2 aliphatic rings. The number of H-pyrrole nitrogens is 1. The standard InChI is InChI=1S/C35H46N6O3/c1-35(2,3)44-34(43)40-19-13-26(14-20-40)22-32-37-29-23-27-28(36-30(33(42)38-27)21-25-11-6-4-7-12-25)24-31(29)41(32)18-10-17-39-15-8-5-9-16-39/h4,6-7,11-12,23-24,26H,5,8-10,13-22H2,1-3H3,(H,38,42). The zero-order valence-corrected chi connectivity index (χ0v) is 26.5. The predicted octanol–water partition coefficient (Wildman–Crippen LogP) is 5.93. The molecule has 0 bridgehead atoms. The molecule has 0 atom stereocenters. The lowest BCUT2D eigenvalue weighted by Crippen LogP contribution is -2.42. The van der Waals surface area contributed by atoms with Crippen LogP contribution in [0.3, 0.4) is 0 Å². The molecule has 9 nitrogen and oxygen atoms in total. The summed E-state index contributed by atoms with van der Waals surface area (Å²) >= 11 is 0. The third kappa shape index (κ3) is 7.32. The van der Waals surface area contributed by atoms with E-state index in [1.54, 1.807) is 0 Å². The molecule has 2 aromatic heterocycles. The lowest BCUT2D eigenvalue weighted by molar-refractivity contribution is 0.0183. The van der Waals surface area contributed by atoms with Crippen molar-refractivity contribution in [2.45, 2.75) is 84.3 Å². The third-order valence-corrected chi connectivity index (χ3v) is 8.97. The Morgan fingerprint density at radius 2 is 1.70 bits per heavy atom. The topological polar surface area (TPSA) is 96.3 Å². The number of carbonyl (C=O) groups excluding carboxylic acids is 1. The maximum atomic E-state index is 13.0. The summed E-state index contributed by atoms with van der Waals surface area (Å²) in [5, 5.41) is 0. The average Bonchev–Trinajstić information content (AvgIpc) is 3.32. The van der Waals surface area contributed by atoms with Gasteiger partial charge < -0.3 is 24.1 Å². The number of nitrogens with zero attached hydrogens (tertiary/aromatic N) is 5. The first kappa shape index (κ1) is 30.3. The second kappa shape index (κ2) is 13.1. The highest BCUT2D eigenvalue weighted by atomic mass is 16.6. The molecule has 234 valence electrons. The molecule has 1 N–H and O–H groups in total. The Balaban J connectivity index is 1.25. The van der Waals surface area contributed by atoms with Crippen LogP contribution in [0.15, 0.2) is 47.3 Å². The lowest BCUT2D eigenvalue weighted by Gasteiger charge is -2.33. The molecule has 0 spiro atoms. The summed E-state index contributed by atoms with van der Waals surface area (Å²) in [6.45, 7) is 11.5. The highest BCUT2D eigenvalue weighted by Crippen LogP contribution is 2.27. The molecule has 2 aliphatic heterocycles. The zero-order chi connectivity index (χ0) is 30.7. The monoisotopic (exact) mass is 598 g/mol. The van der Waals surface area contributed by atoms with E-state index in [1.807, 2.05) is 62.1 Å². The van der Waals surface area contributed by atoms with Crippen LogP contribution in [0, 0.1) is 5.92 Å². The van der Waals surface area contributed by atoms with Gasteiger partial charge in [0.05, 0.1) is 22.1 Å². The fraction of sp³-hybridized carbons (Fsp3) is 0.543. The Kier molecular flexibility index (Phi) is 9.03. The van der Waals surface area contributed by atoms with E-state index < -0.39 is 5.60 Å². The summed E-state index contributed by atoms with van der Waals surface area (Å²) in [6.07, 6.45) is 7.98. The molecule has 4 heterocycles. The van der Waals surface area contributed by atoms with Crippen molar-refractivity contribution < 1.29 is 9.53 Å². The number of amides is 1. The van der Waals surface area contributed by atoms with Gasteiger partial charge in [0, 0.05) is 32.5 Å². The minimum absolute atomic E-state index is 0.154. The van der Waals surface area contributed by atoms with Crippen molar-refractivity contribution in [2.75, 3.05) is 32.7 Å². The number of hydrogen-bond acceptors (Lipinski definition) is 6. The first-order valence-electron chi connectivity index (χ1n) is 16.4. The normalized spacial score (nSPS) is 17.0. The molecule has 0 unspecified atom stereocenters. The van der Waals surface area contributed by atoms with Gasteiger partial charge in [-0.25, -0.2) is 14.8 Å². The van der Waals surface area contributed by atoms with Crippen molar-refractivity contribution >= 4 is 28.2 Å². The Morgan fingerprint density at radius 1 is 0.955 bits per heavy atom. The Morgan fingerprint density at radius 3 is 2.43 bits per heavy atom. The van der Waals surface area contributed by atoms with Gasteiger partial charge in [-0.05, 0) is 96.1 Å². The lowest BCUT2D eigenvalue weighted by atomic mass is 9.93. The van der Waals surface area contributed by atoms with Crippen molar-refractivity contribution in [1.29, 1.82) is 0 Å². The van der Waals surface area contributed by atoms with Gasteiger partial charge in [0.15, 0.2) is 0 Å². The van der Waals surface area contributed by atoms with Crippen LogP contribution in [0.25, 0.3) is 22.1 Å². The SMILES string of the molecule is CC(C)(C)OC(=O)N1CCC(Cc2nc3cc4[nH]c(=O)c(Cc5ccccc5)nc4cc3n2CCCN2CCCCC2)CC1. The Hall–Kier alpha value is -3.72. The first-order valence-corrected chi connectivity index (χ1v) is 16.4. The van der Waals surface area contributed by atoms with Gasteiger partial charge >= 0.3 is 6.09 Å². The molecule has 2 aromatic carbocycles. The summed E-state index contributed by atoms with van der Waals surface area (Å²) in [6, 6.07) is 14.1. The molecule has 0 aliphatic carbocycles. The van der Waals surface area contributed by atoms with Gasteiger partial charge in [-0.1, -0.05) is 36.8 Å². The van der Waals surface area contributed by atoms with Crippen LogP contribution < -0.4 is 5.56 Å². The quantitative estimate of drug-likeness (QED) is 0.270. The van der Waals surface area contributed by atoms with Crippen LogP contribution in [0.2, 0.25) is 0 Å². The summed E-state index contributed by atoms with van der Waals surface area (Å²) in [5.41, 5.74) is 4.42. The molecule has 2 saturated heterocycles. The number of ether oxygens (including phenoxy) is 1. The fourth-order valence-corrected chi connectivity index (χ4v) is 6.65. The van der Waals surface area contributed by atoms with Crippen molar-refractivity contribution in [3.8, 4) is 0 Å². The molecule has 4 aromatic rings. The van der Waals surface area contributed by atoms with E-state index in [4.69, 9.17) is 14.7 Å². The van der Waals surface area contributed by atoms with E-state index in [0.717, 1.165) is 72.2 Å². The number of carbonyl (C=O) groups is 1. The van der Waals surface area contributed by atoms with Crippen LogP contribution in [-0.4, -0.2) is 73.7 Å². The van der Waals surface area contributed by atoms with Gasteiger partial charge in [-0.2, -0.15) is 0 Å². The van der Waals surface area contributed by atoms with E-state index in [-0.39, 0.29) is 11.7 Å². The van der Waals surface area contributed by atoms with Crippen molar-refractivity contribution in [3.05, 3.63) is 69.9 Å². The molecular formula is C35H46N6O3. The van der Waals surface area contributed by atoms with E-state index >= 15 is 0 Å². The van der Waals surface area contributed by atoms with Crippen molar-refractivity contribution in [3.63, 3.8) is 0 Å². The van der Waals surface area contributed by atoms with Gasteiger partial charge in [0.25, 0.3) is 5.56 Å². The van der Waals surface area contributed by atoms with E-state index in [1.165, 1.54) is 32.4 Å². The fourth-order valence-electron chi connectivity index (χ4n) is 6.65. The van der Waals surface area contributed by atoms with Gasteiger partial charge in [0.1, 0.15) is 17.1 Å². The average molecular weight is 599 g/mol. The van der Waals surface area contributed by atoms with Crippen LogP contribution in [0.4, 0.5) is 4.79 Å². The summed E-state index contributed by atoms with van der Waals surface area (Å²) in [5.74, 6) is 1.52. The van der Waals surface area contributed by atoms with E-state index in [9.17, 15) is 9.59 Å². The van der Waals surface area contributed by atoms with Gasteiger partial charge in [-0.3, -0.25) is 4.79 Å². The molecule has 1 amide bonds. The molecule has 9 heteroatoms. The maximum Gasteiger partial charge on any atom is 0.410 e. The Labute approximate surface area is 259 Å². The molecule has 44 heavy (non-hydrogen) atoms. The molecule has 0 radical (unpaired) electrons. The Bertz CT molecular complexity index is 1640. The summed E-state index contributed by atoms with van der Waals surface area (Å²) in [4.78, 5) is 43.1. The number of nitrogens with one attached hydrogen (secondary N) is 1. The number of piperidine rings is 2. The van der Waals surface area contributed by atoms with E-state index in [0.29, 0.717) is 31.1 Å². The highest BCUT2D eigenvalue weighted by molar-refractivity contribution is 5.91. The van der Waals surface area contributed by atoms with Gasteiger partial charge in [-0.15, -0.1) is 0 Å². The predicted molar refractivity (Wildman–Crippen MR) is 174 cm³/mol. The van der Waals surface area contributed by atoms with E-state index in [2.05, 4.69) is 20.5 Å². The summed E-state index contributed by atoms with van der Waals surface area (Å²) in [7, 11) is 0. The van der Waals surface area contributed by atoms with Crippen molar-refractivity contribution in [2.24, 2.45) is 5.92 Å². The third-order valence-electron chi connectivity index (χ3n) is 8.97. The zero-order valence-electron chi connectivity index (χ0n) is 26.5. The smallest absolute Gasteiger partial charge is 0.410 e. The largest absolute Gasteiger partial charge is 0.444 e. The number of aromatic nitrogens is 4. The number of fused-ring (bicyclic) bond motifs is 2. The number of hydrogen-bond donors (Lipinski definition) is 1.